The average Bonchev–Trinajstić information content (AvgIpc) is 2.78. The van der Waals surface area contributed by atoms with Gasteiger partial charge in [0.25, 0.3) is 0 Å². The maximum atomic E-state index is 13.9. The van der Waals surface area contributed by atoms with Gasteiger partial charge in [-0.2, -0.15) is 0 Å². The third-order valence-electron chi connectivity index (χ3n) is 5.62. The van der Waals surface area contributed by atoms with Crippen molar-refractivity contribution in [3.05, 3.63) is 95.1 Å². The summed E-state index contributed by atoms with van der Waals surface area (Å²) in [6.07, 6.45) is 2.14. The first-order valence-corrected chi connectivity index (χ1v) is 10.8. The van der Waals surface area contributed by atoms with Crippen LogP contribution in [0.25, 0.3) is 0 Å². The van der Waals surface area contributed by atoms with Gasteiger partial charge in [-0.05, 0) is 47.0 Å². The van der Waals surface area contributed by atoms with Crippen molar-refractivity contribution in [3.63, 3.8) is 0 Å². The molecule has 2 nitrogen and oxygen atoms in total. The SMILES string of the molecule is COC1(c2cccc(Sc3ccc(Cc4ccc(F)cc4F)cc3)c2)CCOCC1. The highest BCUT2D eigenvalue weighted by atomic mass is 32.2. The Morgan fingerprint density at radius 2 is 1.70 bits per heavy atom. The molecule has 1 heterocycles. The molecule has 0 aliphatic carbocycles. The number of methoxy groups -OCH3 is 1. The van der Waals surface area contributed by atoms with Crippen molar-refractivity contribution >= 4 is 11.8 Å². The molecule has 3 aromatic carbocycles. The summed E-state index contributed by atoms with van der Waals surface area (Å²) in [6, 6.07) is 20.3. The van der Waals surface area contributed by atoms with E-state index in [9.17, 15) is 8.78 Å². The summed E-state index contributed by atoms with van der Waals surface area (Å²) in [6.45, 7) is 1.42. The molecule has 0 radical (unpaired) electrons. The maximum absolute atomic E-state index is 13.9. The summed E-state index contributed by atoms with van der Waals surface area (Å²) in [4.78, 5) is 2.25. The van der Waals surface area contributed by atoms with Crippen LogP contribution in [-0.4, -0.2) is 20.3 Å². The Morgan fingerprint density at radius 3 is 2.40 bits per heavy atom. The zero-order valence-corrected chi connectivity index (χ0v) is 17.7. The third-order valence-corrected chi connectivity index (χ3v) is 6.62. The molecular formula is C25H24F2O2S. The fourth-order valence-corrected chi connectivity index (χ4v) is 4.73. The van der Waals surface area contributed by atoms with E-state index in [1.807, 2.05) is 24.3 Å². The number of benzene rings is 3. The molecule has 0 saturated carbocycles. The lowest BCUT2D eigenvalue weighted by atomic mass is 9.86. The fraction of sp³-hybridized carbons (Fsp3) is 0.280. The lowest BCUT2D eigenvalue weighted by Crippen LogP contribution is -2.35. The highest BCUT2D eigenvalue weighted by molar-refractivity contribution is 7.99. The predicted octanol–water partition coefficient (Wildman–Crippen LogP) is 6.36. The summed E-state index contributed by atoms with van der Waals surface area (Å²) in [5, 5.41) is 0. The first-order chi connectivity index (χ1) is 14.6. The Labute approximate surface area is 180 Å². The van der Waals surface area contributed by atoms with Gasteiger partial charge in [0, 0.05) is 55.4 Å². The molecule has 1 aliphatic heterocycles. The minimum absolute atomic E-state index is 0.280. The van der Waals surface area contributed by atoms with E-state index in [2.05, 4.69) is 24.3 Å². The molecule has 0 atom stereocenters. The maximum Gasteiger partial charge on any atom is 0.129 e. The van der Waals surface area contributed by atoms with E-state index >= 15 is 0 Å². The molecule has 0 aromatic heterocycles. The van der Waals surface area contributed by atoms with Crippen LogP contribution in [-0.2, 0) is 21.5 Å². The quantitative estimate of drug-likeness (QED) is 0.457. The van der Waals surface area contributed by atoms with Crippen molar-refractivity contribution in [3.8, 4) is 0 Å². The van der Waals surface area contributed by atoms with Crippen LogP contribution in [0.3, 0.4) is 0 Å². The van der Waals surface area contributed by atoms with Gasteiger partial charge in [0.15, 0.2) is 0 Å². The fourth-order valence-electron chi connectivity index (χ4n) is 3.85. The molecule has 1 saturated heterocycles. The second-order valence-electron chi connectivity index (χ2n) is 7.50. The van der Waals surface area contributed by atoms with Crippen LogP contribution >= 0.6 is 11.8 Å². The van der Waals surface area contributed by atoms with Crippen molar-refractivity contribution < 1.29 is 18.3 Å². The lowest BCUT2D eigenvalue weighted by molar-refractivity contribution is -0.0948. The van der Waals surface area contributed by atoms with Gasteiger partial charge < -0.3 is 9.47 Å². The number of hydrogen-bond acceptors (Lipinski definition) is 3. The third kappa shape index (κ3) is 4.75. The largest absolute Gasteiger partial charge is 0.381 e. The molecule has 156 valence electrons. The van der Waals surface area contributed by atoms with Crippen LogP contribution in [0.15, 0.2) is 76.5 Å². The topological polar surface area (TPSA) is 18.5 Å². The molecule has 5 heteroatoms. The van der Waals surface area contributed by atoms with Crippen molar-refractivity contribution in [2.75, 3.05) is 20.3 Å². The first kappa shape index (κ1) is 21.0. The van der Waals surface area contributed by atoms with E-state index in [0.29, 0.717) is 25.2 Å². The Morgan fingerprint density at radius 1 is 0.933 bits per heavy atom. The lowest BCUT2D eigenvalue weighted by Gasteiger charge is -2.36. The summed E-state index contributed by atoms with van der Waals surface area (Å²) < 4.78 is 38.4. The van der Waals surface area contributed by atoms with Gasteiger partial charge in [-0.3, -0.25) is 0 Å². The van der Waals surface area contributed by atoms with Gasteiger partial charge in [0.2, 0.25) is 0 Å². The summed E-state index contributed by atoms with van der Waals surface area (Å²) in [5.41, 5.74) is 2.38. The van der Waals surface area contributed by atoms with Crippen LogP contribution in [0.5, 0.6) is 0 Å². The van der Waals surface area contributed by atoms with E-state index in [0.717, 1.165) is 34.3 Å². The molecule has 0 N–H and O–H groups in total. The zero-order chi connectivity index (χ0) is 21.0. The number of halogens is 2. The summed E-state index contributed by atoms with van der Waals surface area (Å²) in [5.74, 6) is -1.06. The van der Waals surface area contributed by atoms with Crippen molar-refractivity contribution in [1.29, 1.82) is 0 Å². The van der Waals surface area contributed by atoms with Crippen LogP contribution in [0.1, 0.15) is 29.5 Å². The van der Waals surface area contributed by atoms with Crippen molar-refractivity contribution in [1.82, 2.24) is 0 Å². The minimum atomic E-state index is -0.554. The van der Waals surface area contributed by atoms with Gasteiger partial charge in [0.05, 0.1) is 5.60 Å². The van der Waals surface area contributed by atoms with Gasteiger partial charge in [-0.1, -0.05) is 42.1 Å². The number of ether oxygens (including phenoxy) is 2. The average molecular weight is 427 g/mol. The molecule has 0 unspecified atom stereocenters. The second kappa shape index (κ2) is 9.29. The monoisotopic (exact) mass is 426 g/mol. The number of rotatable bonds is 6. The van der Waals surface area contributed by atoms with Crippen molar-refractivity contribution in [2.45, 2.75) is 34.7 Å². The zero-order valence-electron chi connectivity index (χ0n) is 16.9. The standard InChI is InChI=1S/C25H24F2O2S/c1-28-25(11-13-29-14-12-25)20-3-2-4-23(16-20)30-22-9-5-18(6-10-22)15-19-7-8-21(26)17-24(19)27/h2-10,16-17H,11-15H2,1H3. The van der Waals surface area contributed by atoms with E-state index < -0.39 is 11.6 Å². The predicted molar refractivity (Wildman–Crippen MR) is 115 cm³/mol. The van der Waals surface area contributed by atoms with Gasteiger partial charge in [-0.15, -0.1) is 0 Å². The smallest absolute Gasteiger partial charge is 0.129 e. The van der Waals surface area contributed by atoms with Crippen molar-refractivity contribution in [2.24, 2.45) is 0 Å². The normalized spacial score (nSPS) is 15.8. The van der Waals surface area contributed by atoms with Crippen LogP contribution in [0, 0.1) is 11.6 Å². The van der Waals surface area contributed by atoms with E-state index in [1.165, 1.54) is 17.7 Å². The first-order valence-electron chi connectivity index (χ1n) is 10.0. The molecule has 0 bridgehead atoms. The molecule has 30 heavy (non-hydrogen) atoms. The van der Waals surface area contributed by atoms with E-state index in [4.69, 9.17) is 9.47 Å². The molecular weight excluding hydrogens is 402 g/mol. The van der Waals surface area contributed by atoms with E-state index in [1.54, 1.807) is 18.9 Å². The van der Waals surface area contributed by atoms with Crippen LogP contribution in [0.2, 0.25) is 0 Å². The van der Waals surface area contributed by atoms with Crippen LogP contribution in [0.4, 0.5) is 8.78 Å². The minimum Gasteiger partial charge on any atom is -0.381 e. The molecule has 0 spiro atoms. The summed E-state index contributed by atoms with van der Waals surface area (Å²) >= 11 is 1.68. The molecule has 1 fully saturated rings. The second-order valence-corrected chi connectivity index (χ2v) is 8.64. The highest BCUT2D eigenvalue weighted by Gasteiger charge is 2.34. The Kier molecular flexibility index (Phi) is 6.52. The Balaban J connectivity index is 1.47. The Bertz CT molecular complexity index is 998. The van der Waals surface area contributed by atoms with E-state index in [-0.39, 0.29) is 5.60 Å². The molecule has 1 aliphatic rings. The summed E-state index contributed by atoms with van der Waals surface area (Å²) in [7, 11) is 1.77. The molecule has 3 aromatic rings. The molecule has 4 rings (SSSR count). The van der Waals surface area contributed by atoms with Gasteiger partial charge in [0.1, 0.15) is 11.6 Å². The number of hydrogen-bond donors (Lipinski definition) is 0. The van der Waals surface area contributed by atoms with Gasteiger partial charge >= 0.3 is 0 Å². The Hall–Kier alpha value is -2.21. The molecule has 0 amide bonds. The highest BCUT2D eigenvalue weighted by Crippen LogP contribution is 2.38. The van der Waals surface area contributed by atoms with Gasteiger partial charge in [-0.25, -0.2) is 8.78 Å². The van der Waals surface area contributed by atoms with Crippen LogP contribution < -0.4 is 0 Å².